The molecule has 0 spiro atoms. The average Bonchev–Trinajstić information content (AvgIpc) is 3.66. The molecule has 44 heavy (non-hydrogen) atoms. The highest BCUT2D eigenvalue weighted by Crippen LogP contribution is 2.36. The number of aromatic nitrogens is 1. The van der Waals surface area contributed by atoms with Gasteiger partial charge in [0.1, 0.15) is 11.7 Å². The highest BCUT2D eigenvalue weighted by Gasteiger charge is 2.42. The summed E-state index contributed by atoms with van der Waals surface area (Å²) in [5.74, 6) is -1.12. The van der Waals surface area contributed by atoms with Gasteiger partial charge in [0.05, 0.1) is 46.6 Å². The van der Waals surface area contributed by atoms with E-state index in [9.17, 15) is 24.5 Å². The van der Waals surface area contributed by atoms with Crippen LogP contribution in [0, 0.1) is 10.1 Å². The molecule has 0 saturated carbocycles. The molecule has 1 aromatic carbocycles. The number of ether oxygens (including phenoxy) is 2. The zero-order valence-electron chi connectivity index (χ0n) is 24.7. The predicted molar refractivity (Wildman–Crippen MR) is 165 cm³/mol. The Hall–Kier alpha value is -3.82. The molecule has 3 saturated heterocycles. The first kappa shape index (κ1) is 31.6. The van der Waals surface area contributed by atoms with Gasteiger partial charge in [-0.25, -0.2) is 0 Å². The van der Waals surface area contributed by atoms with Crippen LogP contribution >= 0.6 is 15.9 Å². The summed E-state index contributed by atoms with van der Waals surface area (Å²) in [7, 11) is 1.71. The summed E-state index contributed by atoms with van der Waals surface area (Å²) in [5, 5.41) is 21.4. The minimum absolute atomic E-state index is 0.0384. The molecule has 14 nitrogen and oxygen atoms in total. The smallest absolute Gasteiger partial charge is 0.294 e. The highest BCUT2D eigenvalue weighted by atomic mass is 79.9. The molecule has 3 aliphatic rings. The molecule has 3 aliphatic heterocycles. The number of morpholine rings is 1. The second-order valence-corrected chi connectivity index (χ2v) is 12.3. The predicted octanol–water partition coefficient (Wildman–Crippen LogP) is 2.64. The van der Waals surface area contributed by atoms with Crippen molar-refractivity contribution in [1.82, 2.24) is 20.1 Å². The molecule has 5 atom stereocenters. The van der Waals surface area contributed by atoms with Gasteiger partial charge in [0.2, 0.25) is 5.91 Å². The fraction of sp³-hybridized carbons (Fsp3) is 0.517. The largest absolute Gasteiger partial charge is 0.387 e. The number of nitro groups is 1. The molecule has 0 aliphatic carbocycles. The lowest BCUT2D eigenvalue weighted by atomic mass is 10.1. The number of pyridine rings is 1. The number of hydrogen-bond donors (Lipinski definition) is 3. The van der Waals surface area contributed by atoms with E-state index in [4.69, 9.17) is 9.47 Å². The van der Waals surface area contributed by atoms with Crippen molar-refractivity contribution in [3.8, 4) is 0 Å². The van der Waals surface area contributed by atoms with Crippen molar-refractivity contribution in [1.29, 1.82) is 0 Å². The first-order valence-electron chi connectivity index (χ1n) is 14.5. The number of halogens is 1. The summed E-state index contributed by atoms with van der Waals surface area (Å²) in [6.45, 7) is 5.39. The lowest BCUT2D eigenvalue weighted by Crippen LogP contribution is -2.49. The number of likely N-dealkylation sites (tertiary alicyclic amines) is 1. The Kier molecular flexibility index (Phi) is 9.65. The molecular formula is C29H36BrN7O7. The average molecular weight is 675 g/mol. The van der Waals surface area contributed by atoms with Crippen molar-refractivity contribution in [2.45, 2.75) is 57.0 Å². The van der Waals surface area contributed by atoms with Gasteiger partial charge in [-0.05, 0) is 38.8 Å². The maximum absolute atomic E-state index is 13.8. The van der Waals surface area contributed by atoms with Crippen LogP contribution in [0.4, 0.5) is 17.1 Å². The maximum Gasteiger partial charge on any atom is 0.294 e. The molecule has 5 rings (SSSR count). The van der Waals surface area contributed by atoms with Gasteiger partial charge in [0, 0.05) is 62.3 Å². The van der Waals surface area contributed by atoms with E-state index < -0.39 is 22.9 Å². The molecule has 2 aromatic rings. The van der Waals surface area contributed by atoms with E-state index in [1.807, 2.05) is 13.8 Å². The van der Waals surface area contributed by atoms with Crippen molar-refractivity contribution >= 4 is 50.7 Å². The van der Waals surface area contributed by atoms with E-state index in [0.717, 1.165) is 0 Å². The molecule has 3 fully saturated rings. The molecule has 4 heterocycles. The number of amides is 3. The topological polar surface area (TPSA) is 168 Å². The maximum atomic E-state index is 13.8. The normalized spacial score (nSPS) is 25.0. The zero-order valence-corrected chi connectivity index (χ0v) is 26.3. The van der Waals surface area contributed by atoms with Gasteiger partial charge in [-0.1, -0.05) is 15.9 Å². The van der Waals surface area contributed by atoms with E-state index in [1.54, 1.807) is 30.3 Å². The first-order chi connectivity index (χ1) is 21.0. The van der Waals surface area contributed by atoms with Crippen LogP contribution in [-0.2, 0) is 14.3 Å². The van der Waals surface area contributed by atoms with E-state index >= 15 is 0 Å². The van der Waals surface area contributed by atoms with Crippen LogP contribution in [0.2, 0.25) is 0 Å². The van der Waals surface area contributed by atoms with Crippen LogP contribution in [0.5, 0.6) is 0 Å². The van der Waals surface area contributed by atoms with E-state index in [-0.39, 0.29) is 60.0 Å². The second kappa shape index (κ2) is 13.4. The number of carbonyl (C=O) groups is 3. The van der Waals surface area contributed by atoms with E-state index in [1.165, 1.54) is 17.2 Å². The van der Waals surface area contributed by atoms with Crippen molar-refractivity contribution in [2.24, 2.45) is 0 Å². The second-order valence-electron chi connectivity index (χ2n) is 11.4. The lowest BCUT2D eigenvalue weighted by Gasteiger charge is -2.35. The number of nitro benzene ring substituents is 1. The van der Waals surface area contributed by atoms with Crippen molar-refractivity contribution in [2.75, 3.05) is 50.5 Å². The van der Waals surface area contributed by atoms with Gasteiger partial charge in [0.25, 0.3) is 17.5 Å². The summed E-state index contributed by atoms with van der Waals surface area (Å²) in [6.07, 6.45) is 3.45. The summed E-state index contributed by atoms with van der Waals surface area (Å²) in [4.78, 5) is 60.0. The summed E-state index contributed by atoms with van der Waals surface area (Å²) < 4.78 is 11.6. The number of rotatable bonds is 8. The molecule has 3 N–H and O–H groups in total. The van der Waals surface area contributed by atoms with Gasteiger partial charge in [-0.2, -0.15) is 0 Å². The monoisotopic (exact) mass is 673 g/mol. The fourth-order valence-electron chi connectivity index (χ4n) is 5.99. The Morgan fingerprint density at radius 2 is 1.82 bits per heavy atom. The zero-order chi connectivity index (χ0) is 31.5. The minimum atomic E-state index is -0.867. The standard InChI is InChI=1S/C29H36BrN7O7/c1-16-12-35(13-17(2)44-16)29(40)23-7-19(30)8-24(37(41)42)26(23)33-22-9-25(27(38)34-20-4-5-43-15-20)36(14-22)28(39)18-6-21(31-3)11-32-10-18/h6-8,10-11,16-17,20,22,25,31,33H,4-5,9,12-15H2,1-3H3,(H,34,38)/t16-,17+,20-,22+,25-/m0/s1. The SMILES string of the molecule is CNc1cncc(C(=O)N2C[C@H](Nc3c(C(=O)N4C[C@@H](C)O[C@@H](C)C4)cc(Br)cc3[N+](=O)[O-])C[C@H]2C(=O)N[C@H]2CCOC2)c1. The summed E-state index contributed by atoms with van der Waals surface area (Å²) >= 11 is 3.33. The Balaban J connectivity index is 1.46. The Bertz CT molecular complexity index is 1430. The molecule has 0 unspecified atom stereocenters. The number of carbonyl (C=O) groups excluding carboxylic acids is 3. The van der Waals surface area contributed by atoms with Gasteiger partial charge in [-0.15, -0.1) is 0 Å². The van der Waals surface area contributed by atoms with Crippen LogP contribution in [0.15, 0.2) is 35.1 Å². The summed E-state index contributed by atoms with van der Waals surface area (Å²) in [5.41, 5.74) is 0.787. The number of nitrogens with zero attached hydrogens (tertiary/aromatic N) is 4. The summed E-state index contributed by atoms with van der Waals surface area (Å²) in [6, 6.07) is 2.92. The van der Waals surface area contributed by atoms with Crippen molar-refractivity contribution < 1.29 is 28.8 Å². The van der Waals surface area contributed by atoms with Crippen LogP contribution < -0.4 is 16.0 Å². The van der Waals surface area contributed by atoms with Crippen molar-refractivity contribution in [3.63, 3.8) is 0 Å². The van der Waals surface area contributed by atoms with Crippen LogP contribution in [-0.4, -0.2) is 108 Å². The van der Waals surface area contributed by atoms with Gasteiger partial charge in [0.15, 0.2) is 0 Å². The Labute approximate surface area is 263 Å². The first-order valence-corrected chi connectivity index (χ1v) is 15.3. The number of benzene rings is 1. The molecule has 0 bridgehead atoms. The molecule has 3 amide bonds. The molecule has 0 radical (unpaired) electrons. The van der Waals surface area contributed by atoms with Gasteiger partial charge < -0.3 is 35.2 Å². The van der Waals surface area contributed by atoms with E-state index in [2.05, 4.69) is 36.9 Å². The van der Waals surface area contributed by atoms with E-state index in [0.29, 0.717) is 48.4 Å². The highest BCUT2D eigenvalue weighted by molar-refractivity contribution is 9.10. The lowest BCUT2D eigenvalue weighted by molar-refractivity contribution is -0.384. The van der Waals surface area contributed by atoms with Crippen molar-refractivity contribution in [3.05, 3.63) is 56.3 Å². The quantitative estimate of drug-likeness (QED) is 0.280. The van der Waals surface area contributed by atoms with Crippen LogP contribution in [0.1, 0.15) is 47.4 Å². The van der Waals surface area contributed by atoms with Crippen LogP contribution in [0.25, 0.3) is 0 Å². The third-order valence-corrected chi connectivity index (χ3v) is 8.44. The molecular weight excluding hydrogens is 638 g/mol. The van der Waals surface area contributed by atoms with Gasteiger partial charge in [-0.3, -0.25) is 29.5 Å². The minimum Gasteiger partial charge on any atom is -0.387 e. The molecule has 1 aromatic heterocycles. The number of hydrogen-bond acceptors (Lipinski definition) is 10. The third kappa shape index (κ3) is 6.94. The Morgan fingerprint density at radius 3 is 2.48 bits per heavy atom. The molecule has 236 valence electrons. The number of anilines is 2. The van der Waals surface area contributed by atoms with Crippen LogP contribution in [0.3, 0.4) is 0 Å². The fourth-order valence-corrected chi connectivity index (χ4v) is 6.44. The third-order valence-electron chi connectivity index (χ3n) is 7.98. The Morgan fingerprint density at radius 1 is 1.07 bits per heavy atom. The molecule has 15 heteroatoms. The number of nitrogens with one attached hydrogen (secondary N) is 3. The van der Waals surface area contributed by atoms with Gasteiger partial charge >= 0.3 is 0 Å².